The van der Waals surface area contributed by atoms with Gasteiger partial charge in [0.1, 0.15) is 17.6 Å². The van der Waals surface area contributed by atoms with E-state index in [0.29, 0.717) is 26.7 Å². The number of hydrogen-bond acceptors (Lipinski definition) is 11. The minimum absolute atomic E-state index is 0.0677. The van der Waals surface area contributed by atoms with E-state index in [2.05, 4.69) is 15.5 Å². The number of anilines is 1. The number of para-hydroxylation sites is 1. The molecule has 0 saturated carbocycles. The number of aromatic nitrogens is 2. The summed E-state index contributed by atoms with van der Waals surface area (Å²) in [4.78, 5) is 37.2. The molecule has 0 radical (unpaired) electrons. The van der Waals surface area contributed by atoms with E-state index in [1.807, 2.05) is 13.8 Å². The number of benzene rings is 1. The highest BCUT2D eigenvalue weighted by molar-refractivity contribution is 8.00. The SMILES string of the molecule is CCC(CC)C(=O)Nc1nnc(SCc2cc(=O)c(OC(=O)c3cccc(OC)c3OC)co2)s1. The normalized spacial score (nSPS) is 10.8. The lowest BCUT2D eigenvalue weighted by Crippen LogP contribution is -2.21. The predicted molar refractivity (Wildman–Crippen MR) is 132 cm³/mol. The maximum atomic E-state index is 12.6. The van der Waals surface area contributed by atoms with Crippen molar-refractivity contribution in [2.45, 2.75) is 36.8 Å². The van der Waals surface area contributed by atoms with Gasteiger partial charge in [0.25, 0.3) is 0 Å². The smallest absolute Gasteiger partial charge is 0.347 e. The van der Waals surface area contributed by atoms with Crippen LogP contribution in [-0.2, 0) is 10.5 Å². The van der Waals surface area contributed by atoms with Crippen molar-refractivity contribution in [3.05, 3.63) is 52.1 Å². The Hall–Kier alpha value is -3.38. The Labute approximate surface area is 210 Å². The third-order valence-electron chi connectivity index (χ3n) is 5.01. The van der Waals surface area contributed by atoms with Crippen molar-refractivity contribution in [2.75, 3.05) is 19.5 Å². The fourth-order valence-corrected chi connectivity index (χ4v) is 4.76. The van der Waals surface area contributed by atoms with Crippen molar-refractivity contribution in [1.82, 2.24) is 10.2 Å². The molecule has 1 amide bonds. The number of ether oxygens (including phenoxy) is 3. The van der Waals surface area contributed by atoms with Gasteiger partial charge < -0.3 is 23.9 Å². The zero-order valence-corrected chi connectivity index (χ0v) is 21.3. The number of carbonyl (C=O) groups excluding carboxylic acids is 2. The summed E-state index contributed by atoms with van der Waals surface area (Å²) in [7, 11) is 2.85. The Morgan fingerprint density at radius 2 is 1.91 bits per heavy atom. The van der Waals surface area contributed by atoms with Crippen LogP contribution < -0.4 is 25.0 Å². The second-order valence-electron chi connectivity index (χ2n) is 7.17. The average Bonchev–Trinajstić information content (AvgIpc) is 3.31. The van der Waals surface area contributed by atoms with Crippen LogP contribution in [0, 0.1) is 5.92 Å². The van der Waals surface area contributed by atoms with Gasteiger partial charge >= 0.3 is 5.97 Å². The predicted octanol–water partition coefficient (Wildman–Crippen LogP) is 4.39. The molecule has 3 aromatic rings. The van der Waals surface area contributed by atoms with Gasteiger partial charge in [-0.3, -0.25) is 9.59 Å². The molecular formula is C23H25N3O7S2. The van der Waals surface area contributed by atoms with E-state index in [-0.39, 0.29) is 28.9 Å². The molecule has 35 heavy (non-hydrogen) atoms. The molecule has 0 aliphatic carbocycles. The molecule has 2 heterocycles. The minimum Gasteiger partial charge on any atom is -0.493 e. The van der Waals surface area contributed by atoms with Crippen LogP contribution in [0.1, 0.15) is 42.8 Å². The van der Waals surface area contributed by atoms with Crippen LogP contribution in [0.25, 0.3) is 0 Å². The molecule has 12 heteroatoms. The molecule has 1 aromatic carbocycles. The molecule has 0 unspecified atom stereocenters. The molecule has 0 fully saturated rings. The molecular weight excluding hydrogens is 494 g/mol. The Morgan fingerprint density at radius 3 is 2.57 bits per heavy atom. The molecule has 0 saturated heterocycles. The summed E-state index contributed by atoms with van der Waals surface area (Å²) in [6.45, 7) is 3.93. The van der Waals surface area contributed by atoms with Gasteiger partial charge in [0.2, 0.25) is 22.2 Å². The van der Waals surface area contributed by atoms with Crippen molar-refractivity contribution in [3.63, 3.8) is 0 Å². The van der Waals surface area contributed by atoms with Gasteiger partial charge in [-0.25, -0.2) is 4.79 Å². The second-order valence-corrected chi connectivity index (χ2v) is 9.37. The highest BCUT2D eigenvalue weighted by Crippen LogP contribution is 2.32. The lowest BCUT2D eigenvalue weighted by atomic mass is 10.0. The maximum absolute atomic E-state index is 12.6. The van der Waals surface area contributed by atoms with Crippen molar-refractivity contribution < 1.29 is 28.2 Å². The maximum Gasteiger partial charge on any atom is 0.347 e. The van der Waals surface area contributed by atoms with Crippen LogP contribution in [-0.4, -0.2) is 36.3 Å². The number of thioether (sulfide) groups is 1. The van der Waals surface area contributed by atoms with Crippen molar-refractivity contribution >= 4 is 40.1 Å². The van der Waals surface area contributed by atoms with E-state index in [4.69, 9.17) is 18.6 Å². The number of nitrogens with one attached hydrogen (secondary N) is 1. The van der Waals surface area contributed by atoms with E-state index in [9.17, 15) is 14.4 Å². The lowest BCUT2D eigenvalue weighted by molar-refractivity contribution is -0.120. The first kappa shape index (κ1) is 26.2. The monoisotopic (exact) mass is 519 g/mol. The molecule has 186 valence electrons. The number of carbonyl (C=O) groups is 2. The summed E-state index contributed by atoms with van der Waals surface area (Å²) in [6.07, 6.45) is 2.59. The molecule has 0 aliphatic rings. The fraction of sp³-hybridized carbons (Fsp3) is 0.348. The number of esters is 1. The topological polar surface area (TPSA) is 130 Å². The van der Waals surface area contributed by atoms with Crippen molar-refractivity contribution in [1.29, 1.82) is 0 Å². The zero-order chi connectivity index (χ0) is 25.4. The Morgan fingerprint density at radius 1 is 1.14 bits per heavy atom. The quantitative estimate of drug-likeness (QED) is 0.221. The molecule has 0 bridgehead atoms. The Kier molecular flexibility index (Phi) is 9.26. The van der Waals surface area contributed by atoms with E-state index >= 15 is 0 Å². The van der Waals surface area contributed by atoms with E-state index in [1.165, 1.54) is 49.5 Å². The average molecular weight is 520 g/mol. The van der Waals surface area contributed by atoms with Crippen LogP contribution in [0.4, 0.5) is 5.13 Å². The van der Waals surface area contributed by atoms with Gasteiger partial charge in [0.15, 0.2) is 15.8 Å². The summed E-state index contributed by atoms with van der Waals surface area (Å²) in [5.41, 5.74) is -0.410. The zero-order valence-electron chi connectivity index (χ0n) is 19.7. The third kappa shape index (κ3) is 6.61. The molecule has 1 N–H and O–H groups in total. The standard InChI is InChI=1S/C23H25N3O7S2/c1-5-13(6-2)20(28)24-22-25-26-23(35-22)34-12-14-10-16(27)18(11-32-14)33-21(29)15-8-7-9-17(30-3)19(15)31-4/h7-11,13H,5-6,12H2,1-4H3,(H,24,25,28). The molecule has 0 atom stereocenters. The molecule has 10 nitrogen and oxygen atoms in total. The molecule has 0 aliphatic heterocycles. The van der Waals surface area contributed by atoms with Gasteiger partial charge in [0.05, 0.1) is 20.0 Å². The largest absolute Gasteiger partial charge is 0.493 e. The number of methoxy groups -OCH3 is 2. The fourth-order valence-electron chi connectivity index (χ4n) is 3.11. The lowest BCUT2D eigenvalue weighted by Gasteiger charge is -2.11. The summed E-state index contributed by atoms with van der Waals surface area (Å²) in [5.74, 6) is 0.0236. The summed E-state index contributed by atoms with van der Waals surface area (Å²) in [6, 6.07) is 5.99. The molecule has 3 rings (SSSR count). The highest BCUT2D eigenvalue weighted by Gasteiger charge is 2.20. The van der Waals surface area contributed by atoms with Crippen LogP contribution in [0.3, 0.4) is 0 Å². The minimum atomic E-state index is -0.785. The third-order valence-corrected chi connectivity index (χ3v) is 7.00. The molecule has 2 aromatic heterocycles. The summed E-state index contributed by atoms with van der Waals surface area (Å²) in [5, 5.41) is 11.2. The van der Waals surface area contributed by atoms with Crippen molar-refractivity contribution in [3.8, 4) is 17.2 Å². The van der Waals surface area contributed by atoms with Gasteiger partial charge in [0, 0.05) is 12.0 Å². The van der Waals surface area contributed by atoms with Gasteiger partial charge in [-0.15, -0.1) is 10.2 Å². The summed E-state index contributed by atoms with van der Waals surface area (Å²) < 4.78 is 21.7. The van der Waals surface area contributed by atoms with E-state index in [1.54, 1.807) is 12.1 Å². The summed E-state index contributed by atoms with van der Waals surface area (Å²) >= 11 is 2.53. The number of nitrogens with zero attached hydrogens (tertiary/aromatic N) is 2. The Bertz CT molecular complexity index is 1240. The van der Waals surface area contributed by atoms with Crippen molar-refractivity contribution in [2.24, 2.45) is 5.92 Å². The van der Waals surface area contributed by atoms with Gasteiger partial charge in [-0.2, -0.15) is 0 Å². The van der Waals surface area contributed by atoms with Crippen LogP contribution >= 0.6 is 23.1 Å². The van der Waals surface area contributed by atoms with Crippen LogP contribution in [0.5, 0.6) is 17.2 Å². The highest BCUT2D eigenvalue weighted by atomic mass is 32.2. The van der Waals surface area contributed by atoms with Crippen LogP contribution in [0.2, 0.25) is 0 Å². The number of hydrogen-bond donors (Lipinski definition) is 1. The first-order chi connectivity index (χ1) is 16.9. The first-order valence-electron chi connectivity index (χ1n) is 10.7. The second kappa shape index (κ2) is 12.4. The molecule has 0 spiro atoms. The Balaban J connectivity index is 1.62. The number of rotatable bonds is 11. The van der Waals surface area contributed by atoms with Gasteiger partial charge in [-0.1, -0.05) is 43.0 Å². The van der Waals surface area contributed by atoms with Gasteiger partial charge in [-0.05, 0) is 25.0 Å². The first-order valence-corrected chi connectivity index (χ1v) is 12.5. The van der Waals surface area contributed by atoms with Crippen LogP contribution in [0.15, 0.2) is 44.1 Å². The number of amides is 1. The van der Waals surface area contributed by atoms with E-state index in [0.717, 1.165) is 19.1 Å². The van der Waals surface area contributed by atoms with E-state index < -0.39 is 11.4 Å².